The van der Waals surface area contributed by atoms with Crippen LogP contribution in [0.4, 0.5) is 11.8 Å². The van der Waals surface area contributed by atoms with Gasteiger partial charge in [0.05, 0.1) is 5.69 Å². The van der Waals surface area contributed by atoms with Crippen molar-refractivity contribution in [1.82, 2.24) is 9.97 Å². The van der Waals surface area contributed by atoms with Crippen LogP contribution in [-0.2, 0) is 0 Å². The van der Waals surface area contributed by atoms with Gasteiger partial charge in [0.1, 0.15) is 5.82 Å². The standard InChI is InChI=1S/C19H26N4/c1-2-3-7-12-20-18-15-17(16-10-5-4-6-11-16)21-19(22-18)23-13-8-9-14-23/h4-6,10-11,15H,2-3,7-9,12-14H2,1H3,(H,20,21,22). The molecule has 1 aromatic heterocycles. The summed E-state index contributed by atoms with van der Waals surface area (Å²) in [6, 6.07) is 12.4. The molecule has 1 aliphatic rings. The maximum absolute atomic E-state index is 4.80. The third-order valence-electron chi connectivity index (χ3n) is 4.26. The molecule has 0 spiro atoms. The maximum Gasteiger partial charge on any atom is 0.227 e. The molecule has 1 aromatic carbocycles. The molecule has 3 rings (SSSR count). The normalized spacial score (nSPS) is 14.2. The summed E-state index contributed by atoms with van der Waals surface area (Å²) >= 11 is 0. The van der Waals surface area contributed by atoms with Gasteiger partial charge in [-0.1, -0.05) is 50.1 Å². The van der Waals surface area contributed by atoms with Gasteiger partial charge in [-0.15, -0.1) is 0 Å². The van der Waals surface area contributed by atoms with E-state index in [1.165, 1.54) is 32.1 Å². The van der Waals surface area contributed by atoms with Crippen molar-refractivity contribution < 1.29 is 0 Å². The second-order valence-electron chi connectivity index (χ2n) is 6.13. The molecule has 4 heteroatoms. The van der Waals surface area contributed by atoms with Crippen molar-refractivity contribution in [2.45, 2.75) is 39.0 Å². The van der Waals surface area contributed by atoms with Gasteiger partial charge in [0.2, 0.25) is 5.95 Å². The predicted octanol–water partition coefficient (Wildman–Crippen LogP) is 4.35. The van der Waals surface area contributed by atoms with Gasteiger partial charge in [-0.3, -0.25) is 0 Å². The summed E-state index contributed by atoms with van der Waals surface area (Å²) in [6.07, 6.45) is 6.14. The third kappa shape index (κ3) is 4.21. The highest BCUT2D eigenvalue weighted by Crippen LogP contribution is 2.24. The lowest BCUT2D eigenvalue weighted by molar-refractivity contribution is 0.742. The van der Waals surface area contributed by atoms with Crippen molar-refractivity contribution in [1.29, 1.82) is 0 Å². The second kappa shape index (κ2) is 7.95. The van der Waals surface area contributed by atoms with Crippen LogP contribution in [-0.4, -0.2) is 29.6 Å². The molecule has 0 saturated carbocycles. The van der Waals surface area contributed by atoms with Crippen LogP contribution in [0.5, 0.6) is 0 Å². The zero-order chi connectivity index (χ0) is 15.9. The van der Waals surface area contributed by atoms with E-state index in [2.05, 4.69) is 47.5 Å². The first kappa shape index (κ1) is 15.8. The van der Waals surface area contributed by atoms with E-state index in [0.29, 0.717) is 0 Å². The monoisotopic (exact) mass is 310 g/mol. The van der Waals surface area contributed by atoms with Gasteiger partial charge in [0, 0.05) is 31.3 Å². The van der Waals surface area contributed by atoms with Crippen LogP contribution in [0.1, 0.15) is 39.0 Å². The summed E-state index contributed by atoms with van der Waals surface area (Å²) in [6.45, 7) is 5.32. The molecule has 1 fully saturated rings. The average Bonchev–Trinajstić information content (AvgIpc) is 3.14. The Kier molecular flexibility index (Phi) is 5.46. The van der Waals surface area contributed by atoms with Gasteiger partial charge in [-0.2, -0.15) is 4.98 Å². The summed E-state index contributed by atoms with van der Waals surface area (Å²) < 4.78 is 0. The largest absolute Gasteiger partial charge is 0.370 e. The predicted molar refractivity (Wildman–Crippen MR) is 96.9 cm³/mol. The van der Waals surface area contributed by atoms with Crippen LogP contribution in [0.25, 0.3) is 11.3 Å². The van der Waals surface area contributed by atoms with E-state index in [1.54, 1.807) is 0 Å². The zero-order valence-electron chi connectivity index (χ0n) is 14.0. The Morgan fingerprint density at radius 3 is 2.57 bits per heavy atom. The lowest BCUT2D eigenvalue weighted by Crippen LogP contribution is -2.21. The van der Waals surface area contributed by atoms with Gasteiger partial charge in [0.15, 0.2) is 0 Å². The number of anilines is 2. The van der Waals surface area contributed by atoms with Crippen molar-refractivity contribution in [2.75, 3.05) is 29.9 Å². The molecule has 2 heterocycles. The number of aromatic nitrogens is 2. The van der Waals surface area contributed by atoms with Crippen molar-refractivity contribution in [3.8, 4) is 11.3 Å². The lowest BCUT2D eigenvalue weighted by atomic mass is 10.1. The SMILES string of the molecule is CCCCCNc1cc(-c2ccccc2)nc(N2CCCC2)n1. The number of rotatable bonds is 7. The first-order valence-corrected chi connectivity index (χ1v) is 8.80. The quantitative estimate of drug-likeness (QED) is 0.772. The fraction of sp³-hybridized carbons (Fsp3) is 0.474. The van der Waals surface area contributed by atoms with Crippen molar-refractivity contribution >= 4 is 11.8 Å². The fourth-order valence-electron chi connectivity index (χ4n) is 2.93. The van der Waals surface area contributed by atoms with E-state index in [0.717, 1.165) is 42.7 Å². The molecule has 0 amide bonds. The zero-order valence-corrected chi connectivity index (χ0v) is 14.0. The molecule has 0 unspecified atom stereocenters. The van der Waals surface area contributed by atoms with Crippen LogP contribution in [0.2, 0.25) is 0 Å². The summed E-state index contributed by atoms with van der Waals surface area (Å²) in [5.74, 6) is 1.80. The van der Waals surface area contributed by atoms with Gasteiger partial charge in [-0.05, 0) is 19.3 Å². The minimum Gasteiger partial charge on any atom is -0.370 e. The molecular weight excluding hydrogens is 284 g/mol. The molecule has 0 atom stereocenters. The molecule has 4 nitrogen and oxygen atoms in total. The first-order valence-electron chi connectivity index (χ1n) is 8.80. The van der Waals surface area contributed by atoms with Crippen LogP contribution in [0.3, 0.4) is 0 Å². The van der Waals surface area contributed by atoms with Crippen molar-refractivity contribution in [2.24, 2.45) is 0 Å². The van der Waals surface area contributed by atoms with Gasteiger partial charge >= 0.3 is 0 Å². The number of hydrogen-bond acceptors (Lipinski definition) is 4. The summed E-state index contributed by atoms with van der Waals surface area (Å²) in [4.78, 5) is 11.8. The van der Waals surface area contributed by atoms with E-state index in [9.17, 15) is 0 Å². The summed E-state index contributed by atoms with van der Waals surface area (Å²) in [5.41, 5.74) is 2.15. The van der Waals surface area contributed by atoms with Gasteiger partial charge in [0.25, 0.3) is 0 Å². The lowest BCUT2D eigenvalue weighted by Gasteiger charge is -2.17. The Hall–Kier alpha value is -2.10. The van der Waals surface area contributed by atoms with Gasteiger partial charge in [-0.25, -0.2) is 4.98 Å². The van der Waals surface area contributed by atoms with E-state index < -0.39 is 0 Å². The minimum absolute atomic E-state index is 0.863. The minimum atomic E-state index is 0.863. The molecule has 1 aliphatic heterocycles. The van der Waals surface area contributed by atoms with Crippen molar-refractivity contribution in [3.05, 3.63) is 36.4 Å². The van der Waals surface area contributed by atoms with Crippen LogP contribution < -0.4 is 10.2 Å². The molecule has 1 N–H and O–H groups in total. The van der Waals surface area contributed by atoms with E-state index in [1.807, 2.05) is 6.07 Å². The highest BCUT2D eigenvalue weighted by Gasteiger charge is 2.17. The Balaban J connectivity index is 1.84. The fourth-order valence-corrected chi connectivity index (χ4v) is 2.93. The molecule has 0 radical (unpaired) electrons. The second-order valence-corrected chi connectivity index (χ2v) is 6.13. The molecule has 0 bridgehead atoms. The maximum atomic E-state index is 4.80. The van der Waals surface area contributed by atoms with Gasteiger partial charge < -0.3 is 10.2 Å². The summed E-state index contributed by atoms with van der Waals surface area (Å²) in [5, 5.41) is 3.48. The highest BCUT2D eigenvalue weighted by atomic mass is 15.3. The first-order chi connectivity index (χ1) is 11.4. The number of hydrogen-bond donors (Lipinski definition) is 1. The van der Waals surface area contributed by atoms with Crippen LogP contribution in [0.15, 0.2) is 36.4 Å². The Bertz CT molecular complexity index is 606. The molecule has 1 saturated heterocycles. The Morgan fingerprint density at radius 1 is 1.04 bits per heavy atom. The Labute approximate surface area is 139 Å². The number of nitrogens with zero attached hydrogens (tertiary/aromatic N) is 3. The molecule has 23 heavy (non-hydrogen) atoms. The molecule has 122 valence electrons. The van der Waals surface area contributed by atoms with Crippen LogP contribution >= 0.6 is 0 Å². The molecular formula is C19H26N4. The Morgan fingerprint density at radius 2 is 1.83 bits per heavy atom. The number of nitrogens with one attached hydrogen (secondary N) is 1. The van der Waals surface area contributed by atoms with Crippen molar-refractivity contribution in [3.63, 3.8) is 0 Å². The smallest absolute Gasteiger partial charge is 0.227 e. The van der Waals surface area contributed by atoms with E-state index >= 15 is 0 Å². The number of benzene rings is 1. The topological polar surface area (TPSA) is 41.1 Å². The van der Waals surface area contributed by atoms with Crippen LogP contribution in [0, 0.1) is 0 Å². The summed E-state index contributed by atoms with van der Waals surface area (Å²) in [7, 11) is 0. The van der Waals surface area contributed by atoms with E-state index in [4.69, 9.17) is 9.97 Å². The number of unbranched alkanes of at least 4 members (excludes halogenated alkanes) is 2. The third-order valence-corrected chi connectivity index (χ3v) is 4.26. The van der Waals surface area contributed by atoms with E-state index in [-0.39, 0.29) is 0 Å². The molecule has 2 aromatic rings. The highest BCUT2D eigenvalue weighted by molar-refractivity contribution is 5.64. The molecule has 0 aliphatic carbocycles. The average molecular weight is 310 g/mol.